The largest absolute Gasteiger partial charge is 0.453 e. The fraction of sp³-hybridized carbons (Fsp3) is 0.800. The van der Waals surface area contributed by atoms with Gasteiger partial charge in [-0.15, -0.1) is 0 Å². The zero-order chi connectivity index (χ0) is 5.82. The Morgan fingerprint density at radius 1 is 1.62 bits per heavy atom. The minimum atomic E-state index is 0.537. The van der Waals surface area contributed by atoms with E-state index < -0.39 is 0 Å². The molecule has 0 amide bonds. The second-order valence-corrected chi connectivity index (χ2v) is 1.89. The minimum Gasteiger partial charge on any atom is -0.285 e. The van der Waals surface area contributed by atoms with Gasteiger partial charge in [0.15, 0.2) is 0 Å². The molecule has 8 heavy (non-hydrogen) atoms. The molecule has 1 fully saturated rings. The lowest BCUT2D eigenvalue weighted by Crippen LogP contribution is -1.95. The summed E-state index contributed by atoms with van der Waals surface area (Å²) in [6, 6.07) is 0. The van der Waals surface area contributed by atoms with E-state index in [1.807, 2.05) is 0 Å². The van der Waals surface area contributed by atoms with Gasteiger partial charge in [-0.3, -0.25) is 4.89 Å². The molecule has 45 valence electrons. The van der Waals surface area contributed by atoms with E-state index in [-0.39, 0.29) is 0 Å². The smallest absolute Gasteiger partial charge is 0.285 e. The summed E-state index contributed by atoms with van der Waals surface area (Å²) in [5.41, 5.74) is 0. The van der Waals surface area contributed by atoms with Crippen molar-refractivity contribution >= 4 is 6.47 Å². The maximum atomic E-state index is 9.33. The normalized spacial score (nSPS) is 18.0. The first-order valence-corrected chi connectivity index (χ1v) is 2.59. The van der Waals surface area contributed by atoms with E-state index in [1.165, 1.54) is 19.3 Å². The molecular formula is C5H7O3. The summed E-state index contributed by atoms with van der Waals surface area (Å²) in [7, 11) is 0. The molecular weight excluding hydrogens is 108 g/mol. The summed E-state index contributed by atoms with van der Waals surface area (Å²) in [5, 5.41) is 0. The molecule has 0 heterocycles. The predicted octanol–water partition coefficient (Wildman–Crippen LogP) is 0.412. The molecule has 1 radical (unpaired) electrons. The molecule has 3 nitrogen and oxygen atoms in total. The van der Waals surface area contributed by atoms with Crippen molar-refractivity contribution in [2.45, 2.75) is 12.8 Å². The van der Waals surface area contributed by atoms with Gasteiger partial charge in [-0.2, -0.15) is 4.89 Å². The van der Waals surface area contributed by atoms with Crippen LogP contribution in [0.3, 0.4) is 0 Å². The Kier molecular flexibility index (Phi) is 1.86. The highest BCUT2D eigenvalue weighted by atomic mass is 17.2. The topological polar surface area (TPSA) is 35.5 Å². The standard InChI is InChI=1S/C5H7O3/c6-4-8-7-3-5-1-2-5/h5H,1-3H2. The van der Waals surface area contributed by atoms with Crippen LogP contribution in [0.15, 0.2) is 0 Å². The molecule has 0 unspecified atom stereocenters. The Bertz CT molecular complexity index is 77.7. The second kappa shape index (κ2) is 2.67. The lowest BCUT2D eigenvalue weighted by molar-refractivity contribution is -0.225. The van der Waals surface area contributed by atoms with Crippen molar-refractivity contribution in [3.8, 4) is 0 Å². The fourth-order valence-corrected chi connectivity index (χ4v) is 0.439. The number of rotatable bonds is 4. The average molecular weight is 115 g/mol. The van der Waals surface area contributed by atoms with Crippen LogP contribution >= 0.6 is 0 Å². The van der Waals surface area contributed by atoms with Gasteiger partial charge in [-0.25, -0.2) is 4.79 Å². The molecule has 0 aromatic heterocycles. The first kappa shape index (κ1) is 5.56. The van der Waals surface area contributed by atoms with Crippen molar-refractivity contribution in [3.63, 3.8) is 0 Å². The van der Waals surface area contributed by atoms with Gasteiger partial charge < -0.3 is 0 Å². The summed E-state index contributed by atoms with van der Waals surface area (Å²) in [4.78, 5) is 17.6. The summed E-state index contributed by atoms with van der Waals surface area (Å²) >= 11 is 0. The average Bonchev–Trinajstić information content (AvgIpc) is 2.51. The van der Waals surface area contributed by atoms with Crippen LogP contribution in [-0.4, -0.2) is 13.1 Å². The summed E-state index contributed by atoms with van der Waals surface area (Å²) in [6.45, 7) is 1.72. The Balaban J connectivity index is 1.80. The van der Waals surface area contributed by atoms with Gasteiger partial charge >= 0.3 is 6.47 Å². The van der Waals surface area contributed by atoms with Crippen LogP contribution in [0.4, 0.5) is 0 Å². The molecule has 0 spiro atoms. The van der Waals surface area contributed by atoms with Crippen molar-refractivity contribution < 1.29 is 14.6 Å². The summed E-state index contributed by atoms with van der Waals surface area (Å²) in [5.74, 6) is 0.628. The molecule has 0 N–H and O–H groups in total. The zero-order valence-corrected chi connectivity index (χ0v) is 4.42. The summed E-state index contributed by atoms with van der Waals surface area (Å²) in [6.07, 6.45) is 2.39. The third-order valence-corrected chi connectivity index (χ3v) is 1.09. The van der Waals surface area contributed by atoms with Crippen LogP contribution in [0.5, 0.6) is 0 Å². The van der Waals surface area contributed by atoms with E-state index in [4.69, 9.17) is 0 Å². The van der Waals surface area contributed by atoms with Crippen LogP contribution < -0.4 is 0 Å². The third kappa shape index (κ3) is 1.93. The SMILES string of the molecule is O=[C]OOCC1CC1. The number of hydrogen-bond acceptors (Lipinski definition) is 3. The van der Waals surface area contributed by atoms with Crippen molar-refractivity contribution in [1.82, 2.24) is 0 Å². The monoisotopic (exact) mass is 115 g/mol. The first-order chi connectivity index (χ1) is 3.93. The Labute approximate surface area is 47.5 Å². The maximum absolute atomic E-state index is 9.33. The van der Waals surface area contributed by atoms with Crippen molar-refractivity contribution in [1.29, 1.82) is 0 Å². The Hall–Kier alpha value is -0.570. The highest BCUT2D eigenvalue weighted by Gasteiger charge is 2.21. The number of hydrogen-bond donors (Lipinski definition) is 0. The van der Waals surface area contributed by atoms with Crippen LogP contribution in [0, 0.1) is 5.92 Å². The van der Waals surface area contributed by atoms with Gasteiger partial charge in [-0.05, 0) is 18.8 Å². The molecule has 0 aromatic rings. The molecule has 0 aromatic carbocycles. The molecule has 1 aliphatic rings. The van der Waals surface area contributed by atoms with Crippen molar-refractivity contribution in [2.75, 3.05) is 6.61 Å². The molecule has 0 saturated heterocycles. The van der Waals surface area contributed by atoms with Gasteiger partial charge in [0, 0.05) is 0 Å². The van der Waals surface area contributed by atoms with Crippen LogP contribution in [0.2, 0.25) is 0 Å². The van der Waals surface area contributed by atoms with E-state index in [1.54, 1.807) is 0 Å². The van der Waals surface area contributed by atoms with E-state index >= 15 is 0 Å². The highest BCUT2D eigenvalue weighted by Crippen LogP contribution is 2.28. The molecule has 1 rings (SSSR count). The molecule has 0 aliphatic heterocycles. The molecule has 3 heteroatoms. The first-order valence-electron chi connectivity index (χ1n) is 2.59. The van der Waals surface area contributed by atoms with E-state index in [9.17, 15) is 4.79 Å². The zero-order valence-electron chi connectivity index (χ0n) is 4.42. The summed E-state index contributed by atoms with van der Waals surface area (Å²) < 4.78 is 0. The Morgan fingerprint density at radius 2 is 2.38 bits per heavy atom. The fourth-order valence-electron chi connectivity index (χ4n) is 0.439. The lowest BCUT2D eigenvalue weighted by atomic mass is 10.5. The quantitative estimate of drug-likeness (QED) is 0.302. The van der Waals surface area contributed by atoms with Gasteiger partial charge in [0.25, 0.3) is 0 Å². The van der Waals surface area contributed by atoms with Gasteiger partial charge in [0.1, 0.15) is 0 Å². The van der Waals surface area contributed by atoms with Gasteiger partial charge in [0.05, 0.1) is 6.61 Å². The maximum Gasteiger partial charge on any atom is 0.453 e. The molecule has 0 bridgehead atoms. The van der Waals surface area contributed by atoms with Crippen LogP contribution in [0.25, 0.3) is 0 Å². The van der Waals surface area contributed by atoms with E-state index in [2.05, 4.69) is 9.78 Å². The Morgan fingerprint density at radius 3 is 2.88 bits per heavy atom. The second-order valence-electron chi connectivity index (χ2n) is 1.89. The van der Waals surface area contributed by atoms with E-state index in [0.29, 0.717) is 12.5 Å². The van der Waals surface area contributed by atoms with Crippen LogP contribution in [-0.2, 0) is 14.6 Å². The predicted molar refractivity (Wildman–Crippen MR) is 25.5 cm³/mol. The van der Waals surface area contributed by atoms with Gasteiger partial charge in [0.2, 0.25) is 0 Å². The third-order valence-electron chi connectivity index (χ3n) is 1.09. The lowest BCUT2D eigenvalue weighted by Gasteiger charge is -1.91. The highest BCUT2D eigenvalue weighted by molar-refractivity contribution is 5.36. The molecule has 1 aliphatic carbocycles. The molecule has 1 saturated carbocycles. The van der Waals surface area contributed by atoms with Crippen molar-refractivity contribution in [2.24, 2.45) is 5.92 Å². The van der Waals surface area contributed by atoms with Crippen LogP contribution in [0.1, 0.15) is 12.8 Å². The van der Waals surface area contributed by atoms with Gasteiger partial charge in [-0.1, -0.05) is 0 Å². The van der Waals surface area contributed by atoms with Crippen molar-refractivity contribution in [3.05, 3.63) is 0 Å². The number of carbonyl (C=O) groups excluding carboxylic acids is 1. The minimum absolute atomic E-state index is 0.537. The molecule has 0 atom stereocenters. The van der Waals surface area contributed by atoms with E-state index in [0.717, 1.165) is 0 Å².